The summed E-state index contributed by atoms with van der Waals surface area (Å²) in [7, 11) is 1.72. The van der Waals surface area contributed by atoms with E-state index in [1.807, 2.05) is 0 Å². The van der Waals surface area contributed by atoms with Crippen LogP contribution in [0.5, 0.6) is 0 Å². The minimum Gasteiger partial charge on any atom is -0.383 e. The maximum Gasteiger partial charge on any atom is 0.163 e. The Balaban J connectivity index is 2.26. The molecule has 3 aromatic rings. The highest BCUT2D eigenvalue weighted by atomic mass is 19.1. The molecule has 0 radical (unpaired) electrons. The van der Waals surface area contributed by atoms with Gasteiger partial charge in [-0.05, 0) is 19.1 Å². The van der Waals surface area contributed by atoms with Crippen LogP contribution in [0.1, 0.15) is 17.3 Å². The number of fused-ring (bicyclic) bond motifs is 1. The summed E-state index contributed by atoms with van der Waals surface area (Å²) < 4.78 is 15.5. The summed E-state index contributed by atoms with van der Waals surface area (Å²) in [6.07, 6.45) is 1.35. The van der Waals surface area contributed by atoms with Gasteiger partial charge in [-0.3, -0.25) is 4.79 Å². The van der Waals surface area contributed by atoms with E-state index in [0.717, 1.165) is 0 Å². The Bertz CT molecular complexity index is 871. The molecule has 6 nitrogen and oxygen atoms in total. The van der Waals surface area contributed by atoms with Crippen LogP contribution in [0.3, 0.4) is 0 Å². The third-order valence-corrected chi connectivity index (χ3v) is 3.27. The smallest absolute Gasteiger partial charge is 0.163 e. The molecule has 0 saturated heterocycles. The predicted molar refractivity (Wildman–Crippen MR) is 76.1 cm³/mol. The van der Waals surface area contributed by atoms with Crippen molar-refractivity contribution in [2.45, 2.75) is 6.92 Å². The molecule has 21 heavy (non-hydrogen) atoms. The molecule has 0 atom stereocenters. The van der Waals surface area contributed by atoms with E-state index in [1.165, 1.54) is 25.4 Å². The summed E-state index contributed by atoms with van der Waals surface area (Å²) in [5.74, 6) is -0.638. The van der Waals surface area contributed by atoms with E-state index < -0.39 is 5.82 Å². The SMILES string of the molecule is CC(=O)c1ccc(-c2nn(C)c3ncnc(N)c23)cc1F. The Morgan fingerprint density at radius 2 is 2.10 bits per heavy atom. The Kier molecular flexibility index (Phi) is 2.90. The fourth-order valence-corrected chi connectivity index (χ4v) is 2.26. The highest BCUT2D eigenvalue weighted by molar-refractivity contribution is 5.99. The van der Waals surface area contributed by atoms with E-state index >= 15 is 0 Å². The van der Waals surface area contributed by atoms with Crippen LogP contribution in [-0.2, 0) is 7.05 Å². The molecule has 0 bridgehead atoms. The quantitative estimate of drug-likeness (QED) is 0.727. The highest BCUT2D eigenvalue weighted by Gasteiger charge is 2.17. The first-order valence-corrected chi connectivity index (χ1v) is 6.23. The van der Waals surface area contributed by atoms with Crippen molar-refractivity contribution in [1.82, 2.24) is 19.7 Å². The van der Waals surface area contributed by atoms with Crippen molar-refractivity contribution < 1.29 is 9.18 Å². The van der Waals surface area contributed by atoms with Gasteiger partial charge in [0.05, 0.1) is 10.9 Å². The van der Waals surface area contributed by atoms with Crippen molar-refractivity contribution in [3.8, 4) is 11.3 Å². The van der Waals surface area contributed by atoms with Crippen LogP contribution in [-0.4, -0.2) is 25.5 Å². The van der Waals surface area contributed by atoms with Gasteiger partial charge in [0, 0.05) is 12.6 Å². The number of nitrogens with zero attached hydrogens (tertiary/aromatic N) is 4. The topological polar surface area (TPSA) is 86.7 Å². The molecule has 0 unspecified atom stereocenters. The van der Waals surface area contributed by atoms with E-state index in [-0.39, 0.29) is 17.2 Å². The molecule has 2 aromatic heterocycles. The number of carbonyl (C=O) groups excluding carboxylic acids is 1. The molecule has 1 aromatic carbocycles. The number of nitrogens with two attached hydrogens (primary N) is 1. The molecule has 0 aliphatic carbocycles. The summed E-state index contributed by atoms with van der Waals surface area (Å²) in [4.78, 5) is 19.3. The lowest BCUT2D eigenvalue weighted by Crippen LogP contribution is -1.97. The fourth-order valence-electron chi connectivity index (χ4n) is 2.26. The second kappa shape index (κ2) is 4.62. The number of benzene rings is 1. The lowest BCUT2D eigenvalue weighted by molar-refractivity contribution is 0.101. The number of rotatable bonds is 2. The van der Waals surface area contributed by atoms with Crippen LogP contribution in [0, 0.1) is 5.82 Å². The van der Waals surface area contributed by atoms with Gasteiger partial charge in [-0.25, -0.2) is 19.0 Å². The number of hydrogen-bond donors (Lipinski definition) is 1. The van der Waals surface area contributed by atoms with Crippen molar-refractivity contribution >= 4 is 22.6 Å². The molecular weight excluding hydrogens is 273 g/mol. The second-order valence-electron chi connectivity index (χ2n) is 4.68. The molecule has 3 rings (SSSR count). The number of halogens is 1. The summed E-state index contributed by atoms with van der Waals surface area (Å²) >= 11 is 0. The summed E-state index contributed by atoms with van der Waals surface area (Å²) in [5, 5.41) is 4.88. The van der Waals surface area contributed by atoms with E-state index in [2.05, 4.69) is 15.1 Å². The lowest BCUT2D eigenvalue weighted by atomic mass is 10.0. The number of Topliss-reactive ketones (excluding diaryl/α,β-unsaturated/α-hetero) is 1. The number of aromatic nitrogens is 4. The van der Waals surface area contributed by atoms with E-state index in [0.29, 0.717) is 22.3 Å². The zero-order chi connectivity index (χ0) is 15.1. The van der Waals surface area contributed by atoms with Gasteiger partial charge < -0.3 is 5.73 Å². The van der Waals surface area contributed by atoms with Crippen molar-refractivity contribution in [3.05, 3.63) is 35.9 Å². The fraction of sp³-hybridized carbons (Fsp3) is 0.143. The first-order valence-electron chi connectivity index (χ1n) is 6.23. The first kappa shape index (κ1) is 13.2. The summed E-state index contributed by atoms with van der Waals surface area (Å²) in [5.41, 5.74) is 7.48. The highest BCUT2D eigenvalue weighted by Crippen LogP contribution is 2.30. The average Bonchev–Trinajstić information content (AvgIpc) is 2.77. The van der Waals surface area contributed by atoms with Crippen LogP contribution < -0.4 is 5.73 Å². The van der Waals surface area contributed by atoms with Crippen LogP contribution in [0.15, 0.2) is 24.5 Å². The Morgan fingerprint density at radius 3 is 2.76 bits per heavy atom. The molecule has 0 saturated carbocycles. The maximum atomic E-state index is 14.0. The standard InChI is InChI=1S/C14H12FN5O/c1-7(21)9-4-3-8(5-10(9)15)12-11-13(16)17-6-18-14(11)20(2)19-12/h3-6H,1-2H3,(H2,16,17,18). The summed E-state index contributed by atoms with van der Waals surface area (Å²) in [6.45, 7) is 1.32. The number of anilines is 1. The van der Waals surface area contributed by atoms with Gasteiger partial charge >= 0.3 is 0 Å². The van der Waals surface area contributed by atoms with E-state index in [9.17, 15) is 9.18 Å². The zero-order valence-corrected chi connectivity index (χ0v) is 11.5. The van der Waals surface area contributed by atoms with Crippen LogP contribution in [0.25, 0.3) is 22.3 Å². The van der Waals surface area contributed by atoms with Crippen molar-refractivity contribution in [2.75, 3.05) is 5.73 Å². The predicted octanol–water partition coefficient (Wildman–Crippen LogP) is 1.95. The molecule has 0 aliphatic rings. The van der Waals surface area contributed by atoms with Gasteiger partial charge in [0.1, 0.15) is 23.7 Å². The monoisotopic (exact) mass is 285 g/mol. The zero-order valence-electron chi connectivity index (χ0n) is 11.5. The van der Waals surface area contributed by atoms with Gasteiger partial charge in [0.2, 0.25) is 0 Å². The Morgan fingerprint density at radius 1 is 1.33 bits per heavy atom. The van der Waals surface area contributed by atoms with Gasteiger partial charge in [0.25, 0.3) is 0 Å². The van der Waals surface area contributed by atoms with Crippen LogP contribution in [0.2, 0.25) is 0 Å². The van der Waals surface area contributed by atoms with Gasteiger partial charge in [-0.15, -0.1) is 0 Å². The minimum atomic E-state index is -0.589. The summed E-state index contributed by atoms with van der Waals surface area (Å²) in [6, 6.07) is 4.34. The Labute approximate surface area is 119 Å². The van der Waals surface area contributed by atoms with Crippen molar-refractivity contribution in [1.29, 1.82) is 0 Å². The van der Waals surface area contributed by atoms with E-state index in [1.54, 1.807) is 17.8 Å². The van der Waals surface area contributed by atoms with Crippen LogP contribution in [0.4, 0.5) is 10.2 Å². The first-order chi connectivity index (χ1) is 9.99. The minimum absolute atomic E-state index is 0.0446. The van der Waals surface area contributed by atoms with Gasteiger partial charge in [0.15, 0.2) is 11.4 Å². The third-order valence-electron chi connectivity index (χ3n) is 3.27. The second-order valence-corrected chi connectivity index (χ2v) is 4.68. The van der Waals surface area contributed by atoms with Crippen LogP contribution >= 0.6 is 0 Å². The van der Waals surface area contributed by atoms with Crippen molar-refractivity contribution in [2.24, 2.45) is 7.05 Å². The molecule has 2 N–H and O–H groups in total. The number of hydrogen-bond acceptors (Lipinski definition) is 5. The molecule has 106 valence electrons. The largest absolute Gasteiger partial charge is 0.383 e. The average molecular weight is 285 g/mol. The molecule has 0 spiro atoms. The molecular formula is C14H12FN5O. The van der Waals surface area contributed by atoms with E-state index in [4.69, 9.17) is 5.73 Å². The lowest BCUT2D eigenvalue weighted by Gasteiger charge is -2.03. The molecule has 7 heteroatoms. The number of ketones is 1. The molecule has 0 aliphatic heterocycles. The molecule has 0 fully saturated rings. The van der Waals surface area contributed by atoms with Gasteiger partial charge in [-0.2, -0.15) is 5.10 Å². The molecule has 2 heterocycles. The van der Waals surface area contributed by atoms with Gasteiger partial charge in [-0.1, -0.05) is 6.07 Å². The number of carbonyl (C=O) groups is 1. The number of nitrogen functional groups attached to an aromatic ring is 1. The van der Waals surface area contributed by atoms with Crippen molar-refractivity contribution in [3.63, 3.8) is 0 Å². The Hall–Kier alpha value is -2.83. The normalized spacial score (nSPS) is 11.0. The number of aryl methyl sites for hydroxylation is 1. The third kappa shape index (κ3) is 2.03. The molecule has 0 amide bonds. The maximum absolute atomic E-state index is 14.0.